The molecule has 27 saturated heterocycles. The average Bonchev–Trinajstić information content (AvgIpc) is 0.780. The van der Waals surface area contributed by atoms with Gasteiger partial charge in [0.2, 0.25) is 0 Å². The maximum absolute atomic E-state index is 11.5. The van der Waals surface area contributed by atoms with Gasteiger partial charge in [-0.05, 0) is 0 Å². The van der Waals surface area contributed by atoms with E-state index in [0.29, 0.717) is 0 Å². The van der Waals surface area contributed by atoms with Gasteiger partial charge < -0.3 is 223 Å². The third kappa shape index (κ3) is 15.8. The van der Waals surface area contributed by atoms with Gasteiger partial charge in [-0.1, -0.05) is 0 Å². The van der Waals surface area contributed by atoms with Gasteiger partial charge in [-0.2, -0.15) is 0 Å². The van der Waals surface area contributed by atoms with Crippen molar-refractivity contribution in [3.8, 4) is 0 Å². The van der Waals surface area contributed by atoms with E-state index in [2.05, 4.69) is 0 Å². The summed E-state index contributed by atoms with van der Waals surface area (Å²) in [6.45, 7) is -9.99. The van der Waals surface area contributed by atoms with Gasteiger partial charge >= 0.3 is 0 Å². The number of ether oxygens (including phenoxy) is 18. The van der Waals surface area contributed by atoms with Crippen LogP contribution in [0.5, 0.6) is 0 Å². The Morgan fingerprint density at radius 1 is 0.121 bits per heavy atom. The molecular formula is C54H90O45. The molecule has 27 aliphatic heterocycles. The van der Waals surface area contributed by atoms with Crippen molar-refractivity contribution in [3.63, 3.8) is 0 Å². The highest BCUT2D eigenvalue weighted by molar-refractivity contribution is 5.03. The Labute approximate surface area is 558 Å². The van der Waals surface area contributed by atoms with Crippen molar-refractivity contribution < 1.29 is 223 Å². The van der Waals surface area contributed by atoms with Crippen molar-refractivity contribution in [1.29, 1.82) is 0 Å². The lowest BCUT2D eigenvalue weighted by Crippen LogP contribution is -2.68. The van der Waals surface area contributed by atoms with E-state index < -0.39 is 336 Å². The molecule has 45 heteroatoms. The van der Waals surface area contributed by atoms with E-state index in [1.807, 2.05) is 0 Å². The van der Waals surface area contributed by atoms with E-state index in [9.17, 15) is 138 Å². The molecule has 0 spiro atoms. The molecule has 45 atom stereocenters. The second-order valence-corrected chi connectivity index (χ2v) is 25.3. The molecule has 27 rings (SSSR count). The summed E-state index contributed by atoms with van der Waals surface area (Å²) >= 11 is 0. The van der Waals surface area contributed by atoms with Crippen LogP contribution in [0.1, 0.15) is 0 Å². The molecule has 27 N–H and O–H groups in total. The van der Waals surface area contributed by atoms with Crippen molar-refractivity contribution in [3.05, 3.63) is 0 Å². The predicted octanol–water partition coefficient (Wildman–Crippen LogP) is -19.6. The first-order valence-corrected chi connectivity index (χ1v) is 31.7. The van der Waals surface area contributed by atoms with Gasteiger partial charge in [0, 0.05) is 0 Å². The Bertz CT molecular complexity index is 1940. The lowest BCUT2D eigenvalue weighted by atomic mass is 9.95. The van der Waals surface area contributed by atoms with Crippen LogP contribution in [0, 0.1) is 0 Å². The molecule has 0 amide bonds. The normalized spacial score (nSPS) is 55.4. The van der Waals surface area contributed by atoms with Crippen LogP contribution in [0.4, 0.5) is 0 Å². The van der Waals surface area contributed by atoms with Gasteiger partial charge in [0.25, 0.3) is 0 Å². The van der Waals surface area contributed by atoms with E-state index in [1.54, 1.807) is 0 Å². The summed E-state index contributed by atoms with van der Waals surface area (Å²) in [5.41, 5.74) is 0. The van der Waals surface area contributed by atoms with Crippen LogP contribution in [0.2, 0.25) is 0 Å². The van der Waals surface area contributed by atoms with Gasteiger partial charge in [-0.3, -0.25) is 0 Å². The van der Waals surface area contributed by atoms with Crippen LogP contribution >= 0.6 is 0 Å². The molecule has 576 valence electrons. The first-order chi connectivity index (χ1) is 47.1. The second kappa shape index (κ2) is 34.0. The standard InChI is InChI=1S/C54H90O45/c55-1-10-37-19(64)28(73)46(82-10)92-38-11(2-56)84-48(30(75)21(38)66)94-40-13(4-58)86-50(32(77)23(40)68)96-42-15(6-60)88-52(34(79)25(42)70)98-44-17(8-62)90-54(36(81)27(44)72)99-45-18(9-63)89-53(35(80)26(45)71)97-43-16(7-61)87-51(33(78)24(43)69)95-41-14(5-59)85-49(31(76)22(41)67)93-39-12(3-57)83-47(91-37)29(74)20(39)65/h10-81H,1-9H2/t10-,11-,12-,13-,14-,15-,16-,17-,18-,19-,20-,21-,22-,23-,24-,25-,26-,27-,28-,29-,30-,31-,32-,33-,34-,35-,36-,37-,38-,39-,40-,41?,42?,43?,44?,45?,46?,47?,48?,49?,50-,51-,52-,53-,54-/m1/s1. The fraction of sp³-hybridized carbons (Fsp3) is 1.00. The van der Waals surface area contributed by atoms with Gasteiger partial charge in [0.1, 0.15) is 220 Å². The minimum Gasteiger partial charge on any atom is -0.394 e. The number of rotatable bonds is 9. The number of hydrogen-bond acceptors (Lipinski definition) is 45. The summed E-state index contributed by atoms with van der Waals surface area (Å²) in [5, 5.41) is 300. The van der Waals surface area contributed by atoms with Crippen molar-refractivity contribution in [2.75, 3.05) is 59.5 Å². The third-order valence-electron chi connectivity index (χ3n) is 19.0. The maximum atomic E-state index is 11.5. The highest BCUT2D eigenvalue weighted by atomic mass is 16.8. The lowest BCUT2D eigenvalue weighted by molar-refractivity contribution is -0.399. The Balaban J connectivity index is 0.896. The molecule has 18 bridgehead atoms. The predicted molar refractivity (Wildman–Crippen MR) is 294 cm³/mol. The largest absolute Gasteiger partial charge is 0.394 e. The molecule has 45 nitrogen and oxygen atoms in total. The average molecular weight is 1460 g/mol. The third-order valence-corrected chi connectivity index (χ3v) is 19.0. The molecule has 0 saturated carbocycles. The zero-order chi connectivity index (χ0) is 72.1. The molecule has 27 fully saturated rings. The molecule has 0 radical (unpaired) electrons. The van der Waals surface area contributed by atoms with Gasteiger partial charge in [-0.15, -0.1) is 0 Å². The second-order valence-electron chi connectivity index (χ2n) is 25.3. The van der Waals surface area contributed by atoms with Gasteiger partial charge in [0.05, 0.1) is 59.5 Å². The lowest BCUT2D eigenvalue weighted by Gasteiger charge is -2.50. The summed E-state index contributed by atoms with van der Waals surface area (Å²) in [4.78, 5) is 0. The molecule has 27 aliphatic rings. The molecular weight excluding hydrogens is 1370 g/mol. The zero-order valence-corrected chi connectivity index (χ0v) is 51.8. The van der Waals surface area contributed by atoms with Crippen LogP contribution in [0.3, 0.4) is 0 Å². The topological polar surface area (TPSA) is 712 Å². The van der Waals surface area contributed by atoms with E-state index in [0.717, 1.165) is 0 Å². The Kier molecular flexibility index (Phi) is 27.4. The van der Waals surface area contributed by atoms with Crippen LogP contribution in [-0.2, 0) is 85.3 Å². The van der Waals surface area contributed by atoms with Crippen molar-refractivity contribution in [1.82, 2.24) is 0 Å². The summed E-state index contributed by atoms with van der Waals surface area (Å²) < 4.78 is 103. The monoisotopic (exact) mass is 1460 g/mol. The van der Waals surface area contributed by atoms with E-state index in [1.165, 1.54) is 0 Å². The smallest absolute Gasteiger partial charge is 0.187 e. The zero-order valence-electron chi connectivity index (χ0n) is 51.8. The SMILES string of the molecule is OC[C@H]1O[C@@H]2OC3[C@@H](CO)O[C@H](OC4[C@@H](CO)O[C@H](OC5[C@@H](CO)O[C@H](OC6[C@@H](CO)OC(O[C@H]7[C@H](O)[C@@H](O)C(O[C@H]8[C@H](O)[C@@H](O)C(O[C@H]9[C@H](O)[C@@H](O)C(O[C@H]%10[C@H](O)[C@@H](O)[C@@H](OC1[C@H](O)[C@H]2O)O[C@@H]%10CO)O[C@@H]9CO)O[C@@H]8CO)O[C@@H]7CO)[C@H](O)[C@H]6O)[C@H](O)[C@H]5O)[C@H](O)[C@H]4O)[C@H](O)[C@H]3O. The number of aliphatic hydroxyl groups is 27. The minimum absolute atomic E-state index is 1.11. The van der Waals surface area contributed by atoms with Crippen molar-refractivity contribution in [2.24, 2.45) is 0 Å². The fourth-order valence-corrected chi connectivity index (χ4v) is 13.4. The Morgan fingerprint density at radius 3 is 0.273 bits per heavy atom. The van der Waals surface area contributed by atoms with Gasteiger partial charge in [-0.25, -0.2) is 0 Å². The summed E-state index contributed by atoms with van der Waals surface area (Å²) in [5.74, 6) is 0. The highest BCUT2D eigenvalue weighted by Gasteiger charge is 2.61. The fourth-order valence-electron chi connectivity index (χ4n) is 13.4. The van der Waals surface area contributed by atoms with Crippen molar-refractivity contribution in [2.45, 2.75) is 276 Å². The highest BCUT2D eigenvalue weighted by Crippen LogP contribution is 2.40. The molecule has 0 aromatic heterocycles. The van der Waals surface area contributed by atoms with Gasteiger partial charge in [0.15, 0.2) is 56.6 Å². The number of hydrogen-bond donors (Lipinski definition) is 27. The summed E-state index contributed by atoms with van der Waals surface area (Å²) in [7, 11) is 0. The minimum atomic E-state index is -2.28. The molecule has 0 aromatic rings. The molecule has 27 heterocycles. The molecule has 0 aromatic carbocycles. The van der Waals surface area contributed by atoms with Crippen LogP contribution in [0.25, 0.3) is 0 Å². The number of aliphatic hydroxyl groups excluding tert-OH is 27. The summed E-state index contributed by atoms with van der Waals surface area (Å²) in [6, 6.07) is 0. The van der Waals surface area contributed by atoms with Crippen LogP contribution in [0.15, 0.2) is 0 Å². The first kappa shape index (κ1) is 79.8. The van der Waals surface area contributed by atoms with Crippen LogP contribution in [-0.4, -0.2) is 474 Å². The van der Waals surface area contributed by atoms with E-state index >= 15 is 0 Å². The maximum Gasteiger partial charge on any atom is 0.187 e. The molecule has 9 unspecified atom stereocenters. The Hall–Kier alpha value is -1.80. The first-order valence-electron chi connectivity index (χ1n) is 31.7. The van der Waals surface area contributed by atoms with E-state index in [-0.39, 0.29) is 0 Å². The van der Waals surface area contributed by atoms with E-state index in [4.69, 9.17) is 85.3 Å². The molecule has 0 aliphatic carbocycles. The summed E-state index contributed by atoms with van der Waals surface area (Å²) in [6.07, 6.45) is -93.8. The van der Waals surface area contributed by atoms with Crippen molar-refractivity contribution >= 4 is 0 Å². The molecule has 99 heavy (non-hydrogen) atoms. The quantitative estimate of drug-likeness (QED) is 0.102. The Morgan fingerprint density at radius 2 is 0.202 bits per heavy atom. The van der Waals surface area contributed by atoms with Crippen LogP contribution < -0.4 is 0 Å².